The van der Waals surface area contributed by atoms with E-state index in [1.54, 1.807) is 0 Å². The molecule has 22 heavy (non-hydrogen) atoms. The zero-order chi connectivity index (χ0) is 16.3. The number of carboxylic acids is 2. The molecule has 0 saturated carbocycles. The van der Waals surface area contributed by atoms with E-state index in [0.717, 1.165) is 0 Å². The van der Waals surface area contributed by atoms with Crippen LogP contribution in [0.25, 0.3) is 0 Å². The summed E-state index contributed by atoms with van der Waals surface area (Å²) in [6, 6.07) is 8.81. The minimum atomic E-state index is -1.04. The zero-order valence-corrected chi connectivity index (χ0v) is 12.8. The van der Waals surface area contributed by atoms with Crippen molar-refractivity contribution in [3.63, 3.8) is 0 Å². The van der Waals surface area contributed by atoms with Crippen LogP contribution in [0.4, 0.5) is 11.4 Å². The smallest absolute Gasteiger partial charge is 0.335 e. The number of nitrogens with two attached hydrogens (primary N) is 2. The van der Waals surface area contributed by atoms with Crippen molar-refractivity contribution in [1.82, 2.24) is 0 Å². The third-order valence-corrected chi connectivity index (χ3v) is 5.22. The second kappa shape index (κ2) is 6.63. The van der Waals surface area contributed by atoms with E-state index in [0.29, 0.717) is 21.2 Å². The number of aromatic carboxylic acids is 2. The predicted molar refractivity (Wildman–Crippen MR) is 87.3 cm³/mol. The number of rotatable bonds is 5. The third kappa shape index (κ3) is 3.66. The van der Waals surface area contributed by atoms with Crippen molar-refractivity contribution in [2.75, 3.05) is 11.5 Å². The molecule has 0 saturated heterocycles. The topological polar surface area (TPSA) is 127 Å². The van der Waals surface area contributed by atoms with Gasteiger partial charge in [0.15, 0.2) is 0 Å². The molecule has 0 atom stereocenters. The first kappa shape index (κ1) is 16.1. The Morgan fingerprint density at radius 1 is 0.773 bits per heavy atom. The van der Waals surface area contributed by atoms with Gasteiger partial charge in [0, 0.05) is 21.2 Å². The minimum Gasteiger partial charge on any atom is -0.478 e. The molecule has 0 bridgehead atoms. The highest BCUT2D eigenvalue weighted by atomic mass is 33.1. The predicted octanol–water partition coefficient (Wildman–Crippen LogP) is 3.05. The molecule has 0 aliphatic heterocycles. The van der Waals surface area contributed by atoms with Gasteiger partial charge >= 0.3 is 11.9 Å². The van der Waals surface area contributed by atoms with Gasteiger partial charge in [-0.1, -0.05) is 21.6 Å². The first-order valence-electron chi connectivity index (χ1n) is 5.98. The van der Waals surface area contributed by atoms with Crippen LogP contribution < -0.4 is 11.5 Å². The van der Waals surface area contributed by atoms with Gasteiger partial charge in [0.2, 0.25) is 0 Å². The largest absolute Gasteiger partial charge is 0.478 e. The molecule has 2 aromatic carbocycles. The van der Waals surface area contributed by atoms with Crippen molar-refractivity contribution in [2.45, 2.75) is 9.79 Å². The first-order valence-corrected chi connectivity index (χ1v) is 8.13. The number of anilines is 2. The maximum atomic E-state index is 11.0. The van der Waals surface area contributed by atoms with Crippen molar-refractivity contribution < 1.29 is 19.8 Å². The molecule has 6 N–H and O–H groups in total. The Hall–Kier alpha value is -2.32. The standard InChI is InChI=1S/C14H12N2O4S2/c15-9-3-1-7(13(17)18)5-11(9)21-22-12-6-8(14(19)20)2-4-10(12)16/h1-6H,15-16H2,(H,17,18)(H,19,20). The van der Waals surface area contributed by atoms with Gasteiger partial charge < -0.3 is 21.7 Å². The van der Waals surface area contributed by atoms with Crippen molar-refractivity contribution in [1.29, 1.82) is 0 Å². The van der Waals surface area contributed by atoms with Crippen LogP contribution in [-0.4, -0.2) is 22.2 Å². The van der Waals surface area contributed by atoms with Crippen LogP contribution >= 0.6 is 21.6 Å². The molecule has 6 nitrogen and oxygen atoms in total. The maximum absolute atomic E-state index is 11.0. The molecular weight excluding hydrogens is 324 g/mol. The summed E-state index contributed by atoms with van der Waals surface area (Å²) in [5.41, 5.74) is 12.8. The number of hydrogen-bond donors (Lipinski definition) is 4. The van der Waals surface area contributed by atoms with Crippen LogP contribution in [-0.2, 0) is 0 Å². The average molecular weight is 336 g/mol. The van der Waals surface area contributed by atoms with Crippen molar-refractivity contribution in [3.8, 4) is 0 Å². The lowest BCUT2D eigenvalue weighted by atomic mass is 10.2. The summed E-state index contributed by atoms with van der Waals surface area (Å²) in [5, 5.41) is 18.0. The lowest BCUT2D eigenvalue weighted by molar-refractivity contribution is 0.0686. The highest BCUT2D eigenvalue weighted by Gasteiger charge is 2.11. The van der Waals surface area contributed by atoms with Gasteiger partial charge in [-0.05, 0) is 36.4 Å². The van der Waals surface area contributed by atoms with Crippen molar-refractivity contribution in [2.24, 2.45) is 0 Å². The van der Waals surface area contributed by atoms with Crippen LogP contribution in [0.1, 0.15) is 20.7 Å². The van der Waals surface area contributed by atoms with E-state index in [1.165, 1.54) is 58.0 Å². The number of hydrogen-bond acceptors (Lipinski definition) is 6. The number of carbonyl (C=O) groups is 2. The van der Waals surface area contributed by atoms with Gasteiger partial charge in [0.1, 0.15) is 0 Å². The molecule has 8 heteroatoms. The summed E-state index contributed by atoms with van der Waals surface area (Å²) >= 11 is 0. The number of benzene rings is 2. The average Bonchev–Trinajstić information content (AvgIpc) is 2.47. The normalized spacial score (nSPS) is 10.4. The quantitative estimate of drug-likeness (QED) is 0.485. The van der Waals surface area contributed by atoms with Gasteiger partial charge in [-0.15, -0.1) is 0 Å². The number of carboxylic acid groups (broad SMARTS) is 2. The summed E-state index contributed by atoms with van der Waals surface area (Å²) in [6.45, 7) is 0. The molecule has 0 aliphatic carbocycles. The van der Waals surface area contributed by atoms with Gasteiger partial charge in [0.05, 0.1) is 11.1 Å². The van der Waals surface area contributed by atoms with Gasteiger partial charge in [-0.3, -0.25) is 0 Å². The Balaban J connectivity index is 2.23. The fraction of sp³-hybridized carbons (Fsp3) is 0. The molecule has 0 amide bonds. The summed E-state index contributed by atoms with van der Waals surface area (Å²) in [7, 11) is 2.44. The van der Waals surface area contributed by atoms with Crippen LogP contribution in [0.15, 0.2) is 46.2 Å². The van der Waals surface area contributed by atoms with Gasteiger partial charge in [-0.25, -0.2) is 9.59 Å². The van der Waals surface area contributed by atoms with E-state index in [4.69, 9.17) is 21.7 Å². The molecule has 0 aromatic heterocycles. The number of nitrogen functional groups attached to an aromatic ring is 2. The fourth-order valence-corrected chi connectivity index (χ4v) is 3.83. The first-order chi connectivity index (χ1) is 10.4. The molecule has 0 radical (unpaired) electrons. The SMILES string of the molecule is Nc1ccc(C(=O)O)cc1SSc1cc(C(=O)O)ccc1N. The Morgan fingerprint density at radius 2 is 1.14 bits per heavy atom. The molecule has 2 aromatic rings. The summed E-state index contributed by atoms with van der Waals surface area (Å²) in [6.07, 6.45) is 0. The minimum absolute atomic E-state index is 0.129. The van der Waals surface area contributed by atoms with Crippen LogP contribution in [0.3, 0.4) is 0 Å². The third-order valence-electron chi connectivity index (χ3n) is 2.74. The van der Waals surface area contributed by atoms with E-state index >= 15 is 0 Å². The van der Waals surface area contributed by atoms with E-state index in [9.17, 15) is 9.59 Å². The molecule has 0 heterocycles. The second-order valence-electron chi connectivity index (χ2n) is 4.28. The fourth-order valence-electron chi connectivity index (χ4n) is 1.57. The van der Waals surface area contributed by atoms with Gasteiger partial charge in [-0.2, -0.15) is 0 Å². The van der Waals surface area contributed by atoms with E-state index in [-0.39, 0.29) is 11.1 Å². The Labute approximate surface area is 133 Å². The highest BCUT2D eigenvalue weighted by molar-refractivity contribution is 8.76. The molecular formula is C14H12N2O4S2. The summed E-state index contributed by atoms with van der Waals surface area (Å²) < 4.78 is 0. The second-order valence-corrected chi connectivity index (χ2v) is 6.50. The van der Waals surface area contributed by atoms with E-state index in [1.807, 2.05) is 0 Å². The monoisotopic (exact) mass is 336 g/mol. The summed E-state index contributed by atoms with van der Waals surface area (Å²) in [5.74, 6) is -2.08. The maximum Gasteiger partial charge on any atom is 0.335 e. The van der Waals surface area contributed by atoms with Crippen LogP contribution in [0.2, 0.25) is 0 Å². The van der Waals surface area contributed by atoms with E-state index < -0.39 is 11.9 Å². The lowest BCUT2D eigenvalue weighted by Crippen LogP contribution is -1.98. The Bertz CT molecular complexity index is 686. The van der Waals surface area contributed by atoms with E-state index in [2.05, 4.69) is 0 Å². The molecule has 114 valence electrons. The molecule has 2 rings (SSSR count). The highest BCUT2D eigenvalue weighted by Crippen LogP contribution is 2.42. The molecule has 0 unspecified atom stereocenters. The van der Waals surface area contributed by atoms with Crippen LogP contribution in [0, 0.1) is 0 Å². The van der Waals surface area contributed by atoms with Crippen molar-refractivity contribution >= 4 is 44.9 Å². The molecule has 0 fully saturated rings. The Kier molecular flexibility index (Phi) is 4.84. The molecule has 0 spiro atoms. The van der Waals surface area contributed by atoms with Gasteiger partial charge in [0.25, 0.3) is 0 Å². The van der Waals surface area contributed by atoms with Crippen molar-refractivity contribution in [3.05, 3.63) is 47.5 Å². The summed E-state index contributed by atoms with van der Waals surface area (Å²) in [4.78, 5) is 23.1. The molecule has 0 aliphatic rings. The Morgan fingerprint density at radius 3 is 1.45 bits per heavy atom. The van der Waals surface area contributed by atoms with Crippen LogP contribution in [0.5, 0.6) is 0 Å². The zero-order valence-electron chi connectivity index (χ0n) is 11.1. The lowest BCUT2D eigenvalue weighted by Gasteiger charge is -2.08.